The zero-order valence-corrected chi connectivity index (χ0v) is 17.2. The summed E-state index contributed by atoms with van der Waals surface area (Å²) in [7, 11) is 3.52. The number of carboxylic acid groups (broad SMARTS) is 1. The number of aliphatic hydroxyl groups is 1. The lowest BCUT2D eigenvalue weighted by molar-refractivity contribution is 0.0697. The Bertz CT molecular complexity index is 1430. The second kappa shape index (κ2) is 6.59. The standard InChI is InChI=1S/C20H19FN4O4S/c1-22-15-12-8-30-19-14(20(28)29)18(27)10-5-11(21)17(13(15)16(10)25(12)19)24-4-3-23(2)9(6-24)7-26/h5,8-9,26H,3-4,6-7H2,1-2H3,(H,28,29). The number of rotatable bonds is 3. The highest BCUT2D eigenvalue weighted by Crippen LogP contribution is 2.37. The first kappa shape index (κ1) is 19.2. The van der Waals surface area contributed by atoms with Crippen LogP contribution in [0.4, 0.5) is 10.1 Å². The van der Waals surface area contributed by atoms with Crippen LogP contribution in [-0.4, -0.2) is 71.9 Å². The van der Waals surface area contributed by atoms with E-state index >= 15 is 4.39 Å². The van der Waals surface area contributed by atoms with Gasteiger partial charge in [0.25, 0.3) is 0 Å². The first-order valence-electron chi connectivity index (χ1n) is 9.48. The van der Waals surface area contributed by atoms with E-state index in [1.807, 2.05) is 16.8 Å². The van der Waals surface area contributed by atoms with Gasteiger partial charge in [-0.25, -0.2) is 9.18 Å². The van der Waals surface area contributed by atoms with Gasteiger partial charge in [0.1, 0.15) is 16.2 Å². The Morgan fingerprint density at radius 3 is 2.83 bits per heavy atom. The summed E-state index contributed by atoms with van der Waals surface area (Å²) in [4.78, 5) is 33.4. The monoisotopic (exact) mass is 430 g/mol. The van der Waals surface area contributed by atoms with Gasteiger partial charge in [-0.2, -0.15) is 0 Å². The number of benzene rings is 1. The fraction of sp³-hybridized carbons (Fsp3) is 0.350. The third kappa shape index (κ3) is 2.35. The van der Waals surface area contributed by atoms with Crippen molar-refractivity contribution in [1.82, 2.24) is 9.30 Å². The molecule has 156 valence electrons. The average molecular weight is 430 g/mol. The molecule has 0 bridgehead atoms. The Hall–Kier alpha value is -2.82. The number of carbonyl (C=O) groups is 1. The molecule has 1 aliphatic rings. The Labute approximate surface area is 173 Å². The van der Waals surface area contributed by atoms with Crippen molar-refractivity contribution < 1.29 is 19.4 Å². The Balaban J connectivity index is 1.93. The molecule has 0 amide bonds. The SMILES string of the molecule is CN=c1c2c(N3CCN(C)C(CO)C3)c(F)cc3c(=O)c(C(=O)O)c4scc1n4c32. The van der Waals surface area contributed by atoms with Crippen molar-refractivity contribution in [3.63, 3.8) is 0 Å². The van der Waals surface area contributed by atoms with E-state index in [4.69, 9.17) is 0 Å². The lowest BCUT2D eigenvalue weighted by atomic mass is 10.0. The van der Waals surface area contributed by atoms with E-state index in [2.05, 4.69) is 4.99 Å². The number of hydrogen-bond acceptors (Lipinski definition) is 7. The average Bonchev–Trinajstić information content (AvgIpc) is 3.27. The molecule has 1 aliphatic heterocycles. The lowest BCUT2D eigenvalue weighted by Gasteiger charge is -2.40. The largest absolute Gasteiger partial charge is 0.477 e. The summed E-state index contributed by atoms with van der Waals surface area (Å²) in [6.07, 6.45) is 0. The summed E-state index contributed by atoms with van der Waals surface area (Å²) < 4.78 is 17.2. The van der Waals surface area contributed by atoms with Gasteiger partial charge in [-0.15, -0.1) is 11.3 Å². The van der Waals surface area contributed by atoms with Crippen molar-refractivity contribution in [2.24, 2.45) is 4.99 Å². The summed E-state index contributed by atoms with van der Waals surface area (Å²) in [6, 6.07) is 0.997. The molecule has 1 aromatic carbocycles. The molecule has 1 atom stereocenters. The molecular weight excluding hydrogens is 411 g/mol. The summed E-state index contributed by atoms with van der Waals surface area (Å²) in [6.45, 7) is 1.58. The fourth-order valence-corrected chi connectivity index (χ4v) is 5.60. The van der Waals surface area contributed by atoms with Crippen LogP contribution in [0.1, 0.15) is 10.4 Å². The predicted molar refractivity (Wildman–Crippen MR) is 113 cm³/mol. The van der Waals surface area contributed by atoms with Gasteiger partial charge in [-0.05, 0) is 13.1 Å². The van der Waals surface area contributed by atoms with Gasteiger partial charge in [0.2, 0.25) is 5.43 Å². The van der Waals surface area contributed by atoms with Crippen LogP contribution in [0.2, 0.25) is 0 Å². The predicted octanol–water partition coefficient (Wildman–Crippen LogP) is 1.02. The zero-order valence-electron chi connectivity index (χ0n) is 16.3. The first-order chi connectivity index (χ1) is 14.4. The first-order valence-corrected chi connectivity index (χ1v) is 10.4. The number of piperazine rings is 1. The quantitative estimate of drug-likeness (QED) is 0.504. The molecule has 1 fully saturated rings. The number of hydrogen-bond donors (Lipinski definition) is 2. The van der Waals surface area contributed by atoms with E-state index in [1.54, 1.807) is 16.8 Å². The van der Waals surface area contributed by atoms with Crippen LogP contribution in [0, 0.1) is 5.82 Å². The van der Waals surface area contributed by atoms with Crippen LogP contribution in [0.15, 0.2) is 21.2 Å². The molecule has 30 heavy (non-hydrogen) atoms. The number of anilines is 1. The van der Waals surface area contributed by atoms with E-state index in [0.29, 0.717) is 51.9 Å². The maximum atomic E-state index is 15.5. The molecule has 0 radical (unpaired) electrons. The number of likely N-dealkylation sites (N-methyl/N-ethyl adjacent to an activating group) is 1. The van der Waals surface area contributed by atoms with Gasteiger partial charge in [-0.3, -0.25) is 19.1 Å². The maximum absolute atomic E-state index is 15.5. The summed E-state index contributed by atoms with van der Waals surface area (Å²) in [5, 5.41) is 22.2. The van der Waals surface area contributed by atoms with Crippen molar-refractivity contribution in [3.8, 4) is 0 Å². The van der Waals surface area contributed by atoms with Crippen molar-refractivity contribution in [2.75, 3.05) is 45.2 Å². The van der Waals surface area contributed by atoms with Gasteiger partial charge in [0.15, 0.2) is 0 Å². The number of nitrogens with zero attached hydrogens (tertiary/aromatic N) is 4. The zero-order chi connectivity index (χ0) is 21.3. The van der Waals surface area contributed by atoms with Crippen LogP contribution >= 0.6 is 11.3 Å². The molecule has 2 N–H and O–H groups in total. The number of aromatic nitrogens is 1. The van der Waals surface area contributed by atoms with Crippen LogP contribution in [0.25, 0.3) is 26.6 Å². The summed E-state index contributed by atoms with van der Waals surface area (Å²) in [5.74, 6) is -1.93. The van der Waals surface area contributed by atoms with Gasteiger partial charge in [0, 0.05) is 32.1 Å². The van der Waals surface area contributed by atoms with Crippen LogP contribution in [0.5, 0.6) is 0 Å². The molecule has 3 aromatic heterocycles. The fourth-order valence-electron chi connectivity index (χ4n) is 4.57. The van der Waals surface area contributed by atoms with E-state index in [0.717, 1.165) is 6.07 Å². The summed E-state index contributed by atoms with van der Waals surface area (Å²) in [5.41, 5.74) is 0.440. The smallest absolute Gasteiger partial charge is 0.342 e. The van der Waals surface area contributed by atoms with Gasteiger partial charge >= 0.3 is 5.97 Å². The number of thiazole rings is 1. The van der Waals surface area contributed by atoms with Gasteiger partial charge in [0.05, 0.1) is 45.5 Å². The van der Waals surface area contributed by atoms with Gasteiger partial charge in [-0.1, -0.05) is 0 Å². The molecule has 0 spiro atoms. The van der Waals surface area contributed by atoms with Crippen molar-refractivity contribution >= 4 is 49.6 Å². The highest BCUT2D eigenvalue weighted by atomic mass is 32.1. The molecular formula is C20H19FN4O4S. The molecule has 0 aliphatic carbocycles. The highest BCUT2D eigenvalue weighted by Gasteiger charge is 2.31. The van der Waals surface area contributed by atoms with E-state index < -0.39 is 17.2 Å². The minimum atomic E-state index is -1.33. The van der Waals surface area contributed by atoms with Crippen molar-refractivity contribution in [1.29, 1.82) is 0 Å². The molecule has 10 heteroatoms. The topological polar surface area (TPSA) is 97.9 Å². The van der Waals surface area contributed by atoms with E-state index in [-0.39, 0.29) is 23.6 Å². The minimum Gasteiger partial charge on any atom is -0.477 e. The normalized spacial score (nSPS) is 19.1. The number of carboxylic acids is 1. The number of aromatic carboxylic acids is 1. The van der Waals surface area contributed by atoms with Crippen LogP contribution in [-0.2, 0) is 0 Å². The minimum absolute atomic E-state index is 0.0345. The molecule has 4 aromatic rings. The highest BCUT2D eigenvalue weighted by molar-refractivity contribution is 7.16. The van der Waals surface area contributed by atoms with E-state index in [9.17, 15) is 19.8 Å². The second-order valence-electron chi connectivity index (χ2n) is 7.58. The maximum Gasteiger partial charge on any atom is 0.342 e. The lowest BCUT2D eigenvalue weighted by Crippen LogP contribution is -2.53. The van der Waals surface area contributed by atoms with E-state index in [1.165, 1.54) is 11.3 Å². The number of halogens is 1. The Morgan fingerprint density at radius 2 is 2.17 bits per heavy atom. The molecule has 1 unspecified atom stereocenters. The van der Waals surface area contributed by atoms with Crippen molar-refractivity contribution in [3.05, 3.63) is 38.4 Å². The molecule has 1 saturated heterocycles. The molecule has 4 heterocycles. The number of pyridine rings is 1. The third-order valence-corrected chi connectivity index (χ3v) is 7.03. The summed E-state index contributed by atoms with van der Waals surface area (Å²) >= 11 is 1.17. The van der Waals surface area contributed by atoms with Crippen LogP contribution in [0.3, 0.4) is 0 Å². The Morgan fingerprint density at radius 1 is 1.40 bits per heavy atom. The molecule has 0 saturated carbocycles. The number of aliphatic hydroxyl groups excluding tert-OH is 1. The van der Waals surface area contributed by atoms with Gasteiger partial charge < -0.3 is 15.1 Å². The van der Waals surface area contributed by atoms with Crippen LogP contribution < -0.4 is 15.7 Å². The second-order valence-corrected chi connectivity index (χ2v) is 8.44. The molecule has 5 rings (SSSR count). The third-order valence-electron chi connectivity index (χ3n) is 6.08. The Kier molecular flexibility index (Phi) is 4.21. The van der Waals surface area contributed by atoms with Crippen molar-refractivity contribution in [2.45, 2.75) is 6.04 Å². The molecule has 8 nitrogen and oxygen atoms in total.